The van der Waals surface area contributed by atoms with Gasteiger partial charge in [0.1, 0.15) is 29.0 Å². The lowest BCUT2D eigenvalue weighted by Crippen LogP contribution is -2.80. The number of aliphatic hydroxyl groups excluding tert-OH is 2. The van der Waals surface area contributed by atoms with Gasteiger partial charge in [0.25, 0.3) is 0 Å². The maximum absolute atomic E-state index is 14.8. The van der Waals surface area contributed by atoms with Crippen molar-refractivity contribution in [3.05, 3.63) is 47.0 Å². The maximum Gasteiger partial charge on any atom is 0.408 e. The molecule has 2 bridgehead atoms. The van der Waals surface area contributed by atoms with Crippen LogP contribution in [0.15, 0.2) is 41.5 Å². The fraction of sp³-hybridized carbons (Fsp3) is 0.694. The highest BCUT2D eigenvalue weighted by Crippen LogP contribution is 2.63. The molecule has 1 aliphatic heterocycles. The molecule has 0 spiro atoms. The summed E-state index contributed by atoms with van der Waals surface area (Å²) in [6.45, 7) is 11.5. The average molecular weight is 690 g/mol. The number of ether oxygens (including phenoxy) is 5. The SMILES string of the molecule is CO[C@H]1C(=O)[C@]2(C)[C@@H](OC)C[C@H]3OC[C@@]3(O)[C@H]2[C@H](O)[C@]2(O)C[C@H](OC(=O)[C@H](O)[C@@H](NC(=O)OC(C)(C)C)c3ccccc3)C(C)=C1C2(C)C. The van der Waals surface area contributed by atoms with E-state index < -0.39 is 94.1 Å². The average Bonchev–Trinajstić information content (AvgIpc) is 3.02. The first-order valence-corrected chi connectivity index (χ1v) is 16.7. The molecule has 1 heterocycles. The Bertz CT molecular complexity index is 1490. The minimum absolute atomic E-state index is 0.162. The van der Waals surface area contributed by atoms with E-state index in [1.165, 1.54) is 14.2 Å². The summed E-state index contributed by atoms with van der Waals surface area (Å²) in [5.41, 5.74) is -6.37. The molecule has 13 nitrogen and oxygen atoms in total. The molecule has 5 rings (SSSR count). The highest BCUT2D eigenvalue weighted by atomic mass is 16.6. The van der Waals surface area contributed by atoms with Crippen molar-refractivity contribution < 1.29 is 58.5 Å². The number of amides is 1. The molecule has 1 amide bonds. The predicted molar refractivity (Wildman–Crippen MR) is 174 cm³/mol. The van der Waals surface area contributed by atoms with Crippen LogP contribution < -0.4 is 5.32 Å². The van der Waals surface area contributed by atoms with Gasteiger partial charge in [0.2, 0.25) is 0 Å². The number of methoxy groups -OCH3 is 2. The highest BCUT2D eigenvalue weighted by Gasteiger charge is 2.75. The number of Topliss-reactive ketones (excluding diaryl/α,β-unsaturated/α-hetero) is 1. The first kappa shape index (κ1) is 37.3. The van der Waals surface area contributed by atoms with Gasteiger partial charge in [-0.05, 0) is 51.3 Å². The molecule has 4 aliphatic rings. The molecule has 0 unspecified atom stereocenters. The van der Waals surface area contributed by atoms with Crippen LogP contribution in [0.2, 0.25) is 0 Å². The van der Waals surface area contributed by atoms with Gasteiger partial charge in [-0.3, -0.25) is 4.79 Å². The van der Waals surface area contributed by atoms with Gasteiger partial charge in [0.05, 0.1) is 36.4 Å². The van der Waals surface area contributed by atoms with E-state index in [2.05, 4.69) is 5.32 Å². The molecule has 3 fully saturated rings. The molecule has 3 aliphatic carbocycles. The standard InChI is InChI=1S/C36H51NO12/c1-18-20(48-30(41)25(38)24(19-13-11-10-12-14-19)37-31(42)49-32(2,3)4)16-36(44)29(40)27-34(7,21(45-8)15-22-35(27,43)17-47-22)28(39)26(46-9)23(18)33(36,5)6/h10-14,20-22,24-27,29,38,40,43-44H,15-17H2,1-9H3,(H,37,42)/t20-,21-,22+,24-,25+,26+,27-,29-,34+,35-,36+/m0/s1. The van der Waals surface area contributed by atoms with E-state index in [0.717, 1.165) is 0 Å². The number of carbonyl (C=O) groups is 3. The molecule has 49 heavy (non-hydrogen) atoms. The zero-order valence-corrected chi connectivity index (χ0v) is 29.7. The smallest absolute Gasteiger partial charge is 0.408 e. The maximum atomic E-state index is 14.8. The Balaban J connectivity index is 1.56. The molecular formula is C36H51NO12. The summed E-state index contributed by atoms with van der Waals surface area (Å²) in [5.74, 6) is -2.85. The molecule has 1 aromatic rings. The number of ketones is 1. The third kappa shape index (κ3) is 5.81. The second kappa shape index (κ2) is 12.7. The van der Waals surface area contributed by atoms with Crippen LogP contribution in [0.25, 0.3) is 0 Å². The molecule has 0 radical (unpaired) electrons. The van der Waals surface area contributed by atoms with E-state index in [9.17, 15) is 34.8 Å². The van der Waals surface area contributed by atoms with Crippen LogP contribution in [-0.4, -0.2) is 113 Å². The number of rotatable bonds is 7. The lowest BCUT2D eigenvalue weighted by atomic mass is 9.45. The van der Waals surface area contributed by atoms with E-state index in [0.29, 0.717) is 16.7 Å². The summed E-state index contributed by atoms with van der Waals surface area (Å²) in [7, 11) is 2.80. The van der Waals surface area contributed by atoms with Gasteiger partial charge in [-0.1, -0.05) is 44.2 Å². The Labute approximate surface area is 286 Å². The first-order valence-electron chi connectivity index (χ1n) is 16.7. The highest BCUT2D eigenvalue weighted by molar-refractivity contribution is 5.93. The van der Waals surface area contributed by atoms with Crippen molar-refractivity contribution in [2.24, 2.45) is 16.7 Å². The van der Waals surface area contributed by atoms with E-state index in [-0.39, 0.29) is 19.4 Å². The summed E-state index contributed by atoms with van der Waals surface area (Å²) in [6, 6.07) is 7.07. The van der Waals surface area contributed by atoms with Crippen molar-refractivity contribution in [3.8, 4) is 0 Å². The van der Waals surface area contributed by atoms with Crippen LogP contribution in [0.4, 0.5) is 4.79 Å². The number of fused-ring (bicyclic) bond motifs is 5. The van der Waals surface area contributed by atoms with Crippen molar-refractivity contribution in [2.75, 3.05) is 20.8 Å². The molecule has 11 atom stereocenters. The summed E-state index contributed by atoms with van der Waals surface area (Å²) in [5, 5.41) is 51.0. The van der Waals surface area contributed by atoms with Crippen LogP contribution in [0.3, 0.4) is 0 Å². The summed E-state index contributed by atoms with van der Waals surface area (Å²) in [6.07, 6.45) is -8.75. The second-order valence-electron chi connectivity index (χ2n) is 15.7. The summed E-state index contributed by atoms with van der Waals surface area (Å²) < 4.78 is 28.7. The number of nitrogens with one attached hydrogen (secondary N) is 1. The third-order valence-electron chi connectivity index (χ3n) is 11.5. The molecule has 272 valence electrons. The Morgan fingerprint density at radius 3 is 2.22 bits per heavy atom. The normalized spacial score (nSPS) is 38.1. The Hall–Kier alpha value is -2.91. The van der Waals surface area contributed by atoms with Crippen LogP contribution in [0.1, 0.15) is 72.9 Å². The third-order valence-corrected chi connectivity index (χ3v) is 11.5. The molecular weight excluding hydrogens is 638 g/mol. The molecule has 1 aromatic carbocycles. The number of benzene rings is 1. The van der Waals surface area contributed by atoms with Crippen LogP contribution in [0.5, 0.6) is 0 Å². The largest absolute Gasteiger partial charge is 0.456 e. The zero-order chi connectivity index (χ0) is 36.5. The van der Waals surface area contributed by atoms with Gasteiger partial charge in [-0.25, -0.2) is 9.59 Å². The van der Waals surface area contributed by atoms with Crippen molar-refractivity contribution in [3.63, 3.8) is 0 Å². The molecule has 13 heteroatoms. The minimum atomic E-state index is -2.10. The van der Waals surface area contributed by atoms with Crippen molar-refractivity contribution in [1.82, 2.24) is 5.32 Å². The van der Waals surface area contributed by atoms with E-state index in [4.69, 9.17) is 23.7 Å². The van der Waals surface area contributed by atoms with Gasteiger partial charge < -0.3 is 49.4 Å². The number of hydrogen-bond donors (Lipinski definition) is 5. The topological polar surface area (TPSA) is 190 Å². The fourth-order valence-corrected chi connectivity index (χ4v) is 8.79. The molecule has 1 saturated heterocycles. The van der Waals surface area contributed by atoms with Crippen LogP contribution in [0, 0.1) is 16.7 Å². The number of carbonyl (C=O) groups excluding carboxylic acids is 3. The second-order valence-corrected chi connectivity index (χ2v) is 15.7. The molecule has 0 aromatic heterocycles. The van der Waals surface area contributed by atoms with Gasteiger partial charge in [0.15, 0.2) is 11.9 Å². The monoisotopic (exact) mass is 689 g/mol. The van der Waals surface area contributed by atoms with E-state index >= 15 is 0 Å². The zero-order valence-electron chi connectivity index (χ0n) is 29.7. The van der Waals surface area contributed by atoms with Crippen LogP contribution >= 0.6 is 0 Å². The Morgan fingerprint density at radius 2 is 1.69 bits per heavy atom. The van der Waals surface area contributed by atoms with E-state index in [1.54, 1.807) is 78.8 Å². The van der Waals surface area contributed by atoms with Gasteiger partial charge >= 0.3 is 12.1 Å². The fourth-order valence-electron chi connectivity index (χ4n) is 8.79. The van der Waals surface area contributed by atoms with Gasteiger partial charge in [-0.15, -0.1) is 0 Å². The number of esters is 1. The van der Waals surface area contributed by atoms with Gasteiger partial charge in [0, 0.05) is 38.4 Å². The first-order chi connectivity index (χ1) is 22.7. The lowest BCUT2D eigenvalue weighted by molar-refractivity contribution is -0.346. The summed E-state index contributed by atoms with van der Waals surface area (Å²) in [4.78, 5) is 41.3. The quantitative estimate of drug-likeness (QED) is 0.208. The molecule has 2 saturated carbocycles. The lowest BCUT2D eigenvalue weighted by Gasteiger charge is -2.67. The number of hydrogen-bond acceptors (Lipinski definition) is 12. The Morgan fingerprint density at radius 1 is 1.06 bits per heavy atom. The predicted octanol–water partition coefficient (Wildman–Crippen LogP) is 2.13. The number of aliphatic hydroxyl groups is 4. The minimum Gasteiger partial charge on any atom is -0.456 e. The van der Waals surface area contributed by atoms with Gasteiger partial charge in [-0.2, -0.15) is 0 Å². The summed E-state index contributed by atoms with van der Waals surface area (Å²) >= 11 is 0. The van der Waals surface area contributed by atoms with Crippen molar-refractivity contribution in [2.45, 2.75) is 121 Å². The van der Waals surface area contributed by atoms with Crippen molar-refractivity contribution >= 4 is 17.8 Å². The number of alkyl carbamates (subject to hydrolysis) is 1. The molecule has 5 N–H and O–H groups in total. The van der Waals surface area contributed by atoms with Crippen LogP contribution in [-0.2, 0) is 33.3 Å². The van der Waals surface area contributed by atoms with E-state index in [1.807, 2.05) is 0 Å². The Kier molecular flexibility index (Phi) is 9.68. The van der Waals surface area contributed by atoms with Crippen molar-refractivity contribution in [1.29, 1.82) is 0 Å².